The molecule has 13 heteroatoms. The fourth-order valence-corrected chi connectivity index (χ4v) is 4.36. The normalized spacial score (nSPS) is 18.9. The van der Waals surface area contributed by atoms with Gasteiger partial charge in [-0.05, 0) is 30.7 Å². The Labute approximate surface area is 264 Å². The van der Waals surface area contributed by atoms with E-state index in [0.717, 1.165) is 6.07 Å². The number of pyridine rings is 1. The minimum Gasteiger partial charge on any atom is -0.869 e. The molecule has 1 saturated carbocycles. The van der Waals surface area contributed by atoms with Crippen LogP contribution in [0, 0.1) is 24.6 Å². The van der Waals surface area contributed by atoms with Crippen molar-refractivity contribution in [3.8, 4) is 17.0 Å². The van der Waals surface area contributed by atoms with Gasteiger partial charge in [0.25, 0.3) is 0 Å². The Hall–Kier alpha value is -3.49. The van der Waals surface area contributed by atoms with Gasteiger partial charge in [-0.25, -0.2) is 44.5 Å². The van der Waals surface area contributed by atoms with Crippen molar-refractivity contribution in [3.05, 3.63) is 93.6 Å². The first-order valence-corrected chi connectivity index (χ1v) is 13.3. The van der Waals surface area contributed by atoms with E-state index in [2.05, 4.69) is 16.7 Å². The number of amides is 2. The van der Waals surface area contributed by atoms with Crippen LogP contribution in [0.15, 0.2) is 47.3 Å². The van der Waals surface area contributed by atoms with Crippen LogP contribution >= 0.6 is 11.6 Å². The summed E-state index contributed by atoms with van der Waals surface area (Å²) in [6.45, 7) is 6.47. The van der Waals surface area contributed by atoms with Crippen LogP contribution in [0.2, 0.25) is 5.02 Å². The van der Waals surface area contributed by atoms with Crippen LogP contribution in [0.4, 0.5) is 8.78 Å². The molecule has 0 radical (unpaired) electrons. The summed E-state index contributed by atoms with van der Waals surface area (Å²) in [5.41, 5.74) is 4.22. The SMILES string of the molecule is [CH-]1CC1.[CH-]=C1C=C(C(=O)NCC(CO)c2cc3c(c(-c4cc(Cl)c(F)cc4F)n2)OC[C@]3(C)C(N)=O)C=C(OC)C1=[N-].[Li+]. The van der Waals surface area contributed by atoms with Crippen LogP contribution in [0.5, 0.6) is 5.75 Å². The zero-order valence-electron chi connectivity index (χ0n) is 23.8. The topological polar surface area (TPSA) is 146 Å². The predicted molar refractivity (Wildman–Crippen MR) is 152 cm³/mol. The number of aliphatic hydroxyl groups is 1. The second-order valence-corrected chi connectivity index (χ2v) is 10.5. The van der Waals surface area contributed by atoms with Crippen LogP contribution < -0.4 is 34.6 Å². The molecule has 1 aromatic carbocycles. The van der Waals surface area contributed by atoms with Gasteiger partial charge in [0.2, 0.25) is 11.8 Å². The number of rotatable bonds is 8. The largest absolute Gasteiger partial charge is 1.00 e. The standard InChI is InChI=1S/C27H23ClF2N4O5.C3H5.Li/c1-12-4-13(5-21(38-3)22(12)31)25(36)33-9-14(10-35)20-7-16-24(39-11-27(16,2)26(32)37)23(34-20)15-6-17(28)19(30)8-18(15)29;1-2-3-1;/h1,4-8,14,35H,9-11H2,2-3H3,(H2,32,37)(H,33,36);1H,2-3H2;/q-2;-1;+1/t14?,27-;;/m0../s1. The molecular weight excluding hydrogens is 577 g/mol. The van der Waals surface area contributed by atoms with Gasteiger partial charge < -0.3 is 37.5 Å². The number of nitrogens with two attached hydrogens (primary N) is 1. The van der Waals surface area contributed by atoms with E-state index >= 15 is 0 Å². The van der Waals surface area contributed by atoms with Gasteiger partial charge in [0.1, 0.15) is 35.1 Å². The van der Waals surface area contributed by atoms with E-state index in [-0.39, 0.29) is 87.9 Å². The van der Waals surface area contributed by atoms with Crippen LogP contribution in [0.25, 0.3) is 16.7 Å². The molecule has 2 amide bonds. The van der Waals surface area contributed by atoms with Crippen LogP contribution in [0.1, 0.15) is 36.9 Å². The first-order chi connectivity index (χ1) is 19.9. The summed E-state index contributed by atoms with van der Waals surface area (Å²) in [7, 11) is 1.30. The summed E-state index contributed by atoms with van der Waals surface area (Å²) in [6.07, 6.45) is 7.54. The van der Waals surface area contributed by atoms with Gasteiger partial charge in [0.15, 0.2) is 0 Å². The molecule has 2 heterocycles. The quantitative estimate of drug-likeness (QED) is 0.231. The van der Waals surface area contributed by atoms with Crippen LogP contribution in [-0.2, 0) is 19.7 Å². The van der Waals surface area contributed by atoms with Gasteiger partial charge in [-0.2, -0.15) is 6.08 Å². The Balaban J connectivity index is 0.00000119. The second-order valence-electron chi connectivity index (χ2n) is 10.1. The van der Waals surface area contributed by atoms with Crippen LogP contribution in [-0.4, -0.2) is 54.5 Å². The maximum atomic E-state index is 14.9. The van der Waals surface area contributed by atoms with E-state index in [1.165, 1.54) is 38.2 Å². The number of aromatic nitrogens is 1. The molecule has 1 fully saturated rings. The minimum absolute atomic E-state index is 0. The molecule has 2 aliphatic carbocycles. The number of ether oxygens (including phenoxy) is 2. The van der Waals surface area contributed by atoms with Crippen molar-refractivity contribution < 1.29 is 51.8 Å². The number of methoxy groups -OCH3 is 1. The van der Waals surface area contributed by atoms with Crippen molar-refractivity contribution in [1.82, 2.24) is 10.3 Å². The van der Waals surface area contributed by atoms with E-state index in [9.17, 15) is 28.9 Å². The molecule has 1 aromatic heterocycles. The molecule has 0 bridgehead atoms. The monoisotopic (exact) mass is 604 g/mol. The van der Waals surface area contributed by atoms with E-state index in [4.69, 9.17) is 33.4 Å². The van der Waals surface area contributed by atoms with E-state index in [1.807, 2.05) is 0 Å². The number of benzene rings is 1. The third kappa shape index (κ3) is 7.19. The summed E-state index contributed by atoms with van der Waals surface area (Å²) < 4.78 is 39.5. The van der Waals surface area contributed by atoms with Crippen molar-refractivity contribution in [3.63, 3.8) is 0 Å². The van der Waals surface area contributed by atoms with Crippen molar-refractivity contribution >= 4 is 29.1 Å². The number of primary amides is 1. The molecule has 4 N–H and O–H groups in total. The van der Waals surface area contributed by atoms with Gasteiger partial charge >= 0.3 is 18.9 Å². The average molecular weight is 605 g/mol. The third-order valence-corrected chi connectivity index (χ3v) is 7.21. The molecule has 9 nitrogen and oxygen atoms in total. The van der Waals surface area contributed by atoms with Crippen LogP contribution in [0.3, 0.4) is 0 Å². The summed E-state index contributed by atoms with van der Waals surface area (Å²) in [5.74, 6) is -4.05. The molecule has 1 aliphatic heterocycles. The molecule has 0 saturated heterocycles. The molecule has 0 spiro atoms. The van der Waals surface area contributed by atoms with E-state index in [1.54, 1.807) is 6.92 Å². The summed E-state index contributed by atoms with van der Waals surface area (Å²) in [4.78, 5) is 29.6. The number of nitrogens with one attached hydrogen (secondary N) is 1. The molecular formula is C30H28ClF2LiN4O5-2. The van der Waals surface area contributed by atoms with Crippen molar-refractivity contribution in [2.45, 2.75) is 31.1 Å². The van der Waals surface area contributed by atoms with Gasteiger partial charge in [0, 0.05) is 41.1 Å². The van der Waals surface area contributed by atoms with Gasteiger partial charge in [-0.1, -0.05) is 11.6 Å². The molecule has 3 aliphatic rings. The number of halogens is 3. The number of allylic oxidation sites excluding steroid dienone is 2. The fraction of sp³-hybridized carbons (Fsp3) is 0.300. The van der Waals surface area contributed by atoms with Gasteiger partial charge in [-0.15, -0.1) is 0 Å². The van der Waals surface area contributed by atoms with Crippen molar-refractivity contribution in [2.75, 3.05) is 26.9 Å². The molecule has 2 atom stereocenters. The van der Waals surface area contributed by atoms with Crippen molar-refractivity contribution in [1.29, 1.82) is 0 Å². The number of carbonyl (C=O) groups is 2. The van der Waals surface area contributed by atoms with Gasteiger partial charge in [-0.3, -0.25) is 9.59 Å². The number of aliphatic hydroxyl groups excluding tert-OH is 1. The Morgan fingerprint density at radius 2 is 1.98 bits per heavy atom. The zero-order chi connectivity index (χ0) is 30.8. The number of carbonyl (C=O) groups excluding carboxylic acids is 2. The molecule has 5 rings (SSSR count). The summed E-state index contributed by atoms with van der Waals surface area (Å²) in [6, 6.07) is 3.14. The Morgan fingerprint density at radius 3 is 2.56 bits per heavy atom. The van der Waals surface area contributed by atoms with E-state index < -0.39 is 41.4 Å². The number of fused-ring (bicyclic) bond motifs is 1. The number of nitrogens with zero attached hydrogens (tertiary/aromatic N) is 2. The molecule has 43 heavy (non-hydrogen) atoms. The number of hydrogen-bond acceptors (Lipinski definition) is 6. The minimum atomic E-state index is -1.31. The first kappa shape index (κ1) is 34.0. The smallest absolute Gasteiger partial charge is 0.869 e. The van der Waals surface area contributed by atoms with Gasteiger partial charge in [0.05, 0.1) is 18.7 Å². The average Bonchev–Trinajstić information content (AvgIpc) is 3.81. The third-order valence-electron chi connectivity index (χ3n) is 6.92. The maximum absolute atomic E-state index is 14.9. The molecule has 222 valence electrons. The van der Waals surface area contributed by atoms with E-state index in [0.29, 0.717) is 6.07 Å². The molecule has 1 unspecified atom stereocenters. The summed E-state index contributed by atoms with van der Waals surface area (Å²) >= 11 is 5.90. The Morgan fingerprint density at radius 1 is 1.30 bits per heavy atom. The Bertz CT molecular complexity index is 1540. The molecule has 2 aromatic rings. The first-order valence-electron chi connectivity index (χ1n) is 12.9. The number of hydrogen-bond donors (Lipinski definition) is 3. The Kier molecular flexibility index (Phi) is 11.0. The second kappa shape index (κ2) is 13.9. The fourth-order valence-electron chi connectivity index (χ4n) is 4.20. The zero-order valence-corrected chi connectivity index (χ0v) is 24.6. The summed E-state index contributed by atoms with van der Waals surface area (Å²) in [5, 5.41) is 22.4. The maximum Gasteiger partial charge on any atom is 1.00 e. The van der Waals surface area contributed by atoms with Crippen molar-refractivity contribution in [2.24, 2.45) is 5.73 Å². The predicted octanol–water partition coefficient (Wildman–Crippen LogP) is 0.836.